The number of fused-ring (bicyclic) bond motifs is 3. The molecule has 4 aromatic heterocycles. The van der Waals surface area contributed by atoms with Gasteiger partial charge in [0.15, 0.2) is 17.2 Å². The number of rotatable bonds is 6. The van der Waals surface area contributed by atoms with Crippen molar-refractivity contribution in [3.63, 3.8) is 0 Å². The SMILES string of the molecule is CC(=O)c1cn(CC(=O)N2[C@H](C(=O)Nc3nc(Br)c(F)cc3C)C[C@@]3(C)C[C@@H]23)c2ccc(-c3cnc4cc(C)nn4c3)cc12. The van der Waals surface area contributed by atoms with E-state index in [1.165, 1.54) is 13.0 Å². The number of benzene rings is 1. The third-order valence-corrected chi connectivity index (χ3v) is 9.48. The van der Waals surface area contributed by atoms with Gasteiger partial charge in [-0.05, 0) is 84.3 Å². The van der Waals surface area contributed by atoms with Gasteiger partial charge in [-0.15, -0.1) is 0 Å². The molecule has 44 heavy (non-hydrogen) atoms. The van der Waals surface area contributed by atoms with Gasteiger partial charge >= 0.3 is 0 Å². The van der Waals surface area contributed by atoms with E-state index in [0.717, 1.165) is 39.8 Å². The fourth-order valence-electron chi connectivity index (χ4n) is 6.50. The molecule has 2 fully saturated rings. The van der Waals surface area contributed by atoms with Crippen LogP contribution in [0.4, 0.5) is 10.2 Å². The number of carbonyl (C=O) groups is 3. The fraction of sp³-hybridized carbons (Fsp3) is 0.312. The van der Waals surface area contributed by atoms with E-state index >= 15 is 0 Å². The van der Waals surface area contributed by atoms with E-state index in [2.05, 4.69) is 43.2 Å². The van der Waals surface area contributed by atoms with Crippen molar-refractivity contribution >= 4 is 55.9 Å². The highest BCUT2D eigenvalue weighted by Gasteiger charge is 2.64. The summed E-state index contributed by atoms with van der Waals surface area (Å²) in [6.07, 6.45) is 6.74. The van der Waals surface area contributed by atoms with Crippen molar-refractivity contribution in [2.45, 2.75) is 59.2 Å². The molecule has 1 saturated heterocycles. The first-order chi connectivity index (χ1) is 20.9. The summed E-state index contributed by atoms with van der Waals surface area (Å²) in [4.78, 5) is 50.4. The summed E-state index contributed by atoms with van der Waals surface area (Å²) >= 11 is 3.08. The van der Waals surface area contributed by atoms with Crippen molar-refractivity contribution in [2.24, 2.45) is 5.41 Å². The Bertz CT molecular complexity index is 2050. The molecule has 2 aliphatic rings. The zero-order valence-electron chi connectivity index (χ0n) is 24.6. The lowest BCUT2D eigenvalue weighted by Gasteiger charge is -2.27. The van der Waals surface area contributed by atoms with E-state index in [1.807, 2.05) is 37.4 Å². The van der Waals surface area contributed by atoms with Crippen LogP contribution in [-0.4, -0.2) is 58.7 Å². The van der Waals surface area contributed by atoms with E-state index in [0.29, 0.717) is 17.5 Å². The number of piperidine rings is 1. The van der Waals surface area contributed by atoms with Crippen molar-refractivity contribution in [1.82, 2.24) is 29.0 Å². The predicted octanol–water partition coefficient (Wildman–Crippen LogP) is 5.49. The first-order valence-electron chi connectivity index (χ1n) is 14.3. The van der Waals surface area contributed by atoms with Crippen LogP contribution in [0, 0.1) is 25.1 Å². The van der Waals surface area contributed by atoms with Crippen LogP contribution in [0.25, 0.3) is 27.7 Å². The normalized spacial score (nSPS) is 20.7. The maximum absolute atomic E-state index is 13.9. The van der Waals surface area contributed by atoms with Crippen LogP contribution in [-0.2, 0) is 16.1 Å². The second-order valence-corrected chi connectivity index (χ2v) is 13.0. The molecule has 1 aliphatic carbocycles. The number of aromatic nitrogens is 5. The minimum atomic E-state index is -0.690. The van der Waals surface area contributed by atoms with E-state index in [1.54, 1.807) is 33.3 Å². The first-order valence-corrected chi connectivity index (χ1v) is 15.1. The van der Waals surface area contributed by atoms with Crippen LogP contribution < -0.4 is 5.32 Å². The average Bonchev–Trinajstić information content (AvgIpc) is 3.24. The number of amides is 2. The number of pyridine rings is 1. The largest absolute Gasteiger partial charge is 0.337 e. The molecule has 0 radical (unpaired) electrons. The van der Waals surface area contributed by atoms with Gasteiger partial charge in [-0.3, -0.25) is 14.4 Å². The van der Waals surface area contributed by atoms with Crippen LogP contribution in [0.2, 0.25) is 0 Å². The summed E-state index contributed by atoms with van der Waals surface area (Å²) in [6, 6.07) is 8.24. The Morgan fingerprint density at radius 3 is 2.68 bits per heavy atom. The molecule has 5 aromatic rings. The number of halogens is 2. The Kier molecular flexibility index (Phi) is 6.47. The summed E-state index contributed by atoms with van der Waals surface area (Å²) in [5.41, 5.74) is 4.93. The molecule has 0 spiro atoms. The highest BCUT2D eigenvalue weighted by atomic mass is 79.9. The summed E-state index contributed by atoms with van der Waals surface area (Å²) in [5.74, 6) is -0.951. The summed E-state index contributed by atoms with van der Waals surface area (Å²) in [6.45, 7) is 7.14. The molecule has 1 N–H and O–H groups in total. The standard InChI is InChI=1S/C32H29BrFN7O3/c1-16-7-23(34)29(33)36-30(16)37-31(44)25-10-32(4)11-26(32)41(25)28(43)15-39-14-22(18(3)42)21-9-19(5-6-24(21)39)20-12-35-27-8-17(2)38-40(27)13-20/h5-9,12-14,25-26H,10-11,15H2,1-4H3,(H,36,37,44)/t25-,26+,32-/m0/s1. The molecule has 12 heteroatoms. The van der Waals surface area contributed by atoms with Gasteiger partial charge in [0.25, 0.3) is 0 Å². The van der Waals surface area contributed by atoms with Gasteiger partial charge in [-0.25, -0.2) is 18.9 Å². The number of aryl methyl sites for hydroxylation is 2. The summed E-state index contributed by atoms with van der Waals surface area (Å²) in [7, 11) is 0. The van der Waals surface area contributed by atoms with Crippen molar-refractivity contribution in [3.05, 3.63) is 76.2 Å². The number of ketones is 1. The highest BCUT2D eigenvalue weighted by Crippen LogP contribution is 2.59. The Morgan fingerprint density at radius 1 is 1.11 bits per heavy atom. The van der Waals surface area contributed by atoms with Gasteiger partial charge in [-0.2, -0.15) is 5.10 Å². The lowest BCUT2D eigenvalue weighted by Crippen LogP contribution is -2.46. The summed E-state index contributed by atoms with van der Waals surface area (Å²) < 4.78 is 17.4. The second-order valence-electron chi connectivity index (χ2n) is 12.2. The van der Waals surface area contributed by atoms with E-state index < -0.39 is 11.9 Å². The molecule has 2 amide bonds. The zero-order chi connectivity index (χ0) is 31.1. The minimum absolute atomic E-state index is 0.00443. The lowest BCUT2D eigenvalue weighted by molar-refractivity contribution is -0.138. The number of nitrogens with zero attached hydrogens (tertiary/aromatic N) is 6. The van der Waals surface area contributed by atoms with E-state index in [4.69, 9.17) is 0 Å². The van der Waals surface area contributed by atoms with Crippen LogP contribution in [0.15, 0.2) is 53.5 Å². The van der Waals surface area contributed by atoms with Crippen molar-refractivity contribution in [1.29, 1.82) is 0 Å². The molecule has 0 bridgehead atoms. The molecule has 5 heterocycles. The fourth-order valence-corrected chi connectivity index (χ4v) is 6.80. The molecule has 1 aliphatic heterocycles. The van der Waals surface area contributed by atoms with Crippen molar-refractivity contribution in [3.8, 4) is 11.1 Å². The molecule has 7 rings (SSSR count). The van der Waals surface area contributed by atoms with Crippen LogP contribution in [0.1, 0.15) is 48.3 Å². The number of hydrogen-bond acceptors (Lipinski definition) is 6. The van der Waals surface area contributed by atoms with Crippen LogP contribution in [0.3, 0.4) is 0 Å². The first kappa shape index (κ1) is 28.3. The van der Waals surface area contributed by atoms with Crippen molar-refractivity contribution in [2.75, 3.05) is 5.32 Å². The maximum Gasteiger partial charge on any atom is 0.248 e. The Balaban J connectivity index is 1.18. The average molecular weight is 659 g/mol. The molecule has 1 saturated carbocycles. The topological polar surface area (TPSA) is 114 Å². The highest BCUT2D eigenvalue weighted by molar-refractivity contribution is 9.10. The van der Waals surface area contributed by atoms with Gasteiger partial charge in [0.05, 0.1) is 5.69 Å². The molecule has 10 nitrogen and oxygen atoms in total. The molecular formula is C32H29BrFN7O3. The molecule has 0 unspecified atom stereocenters. The molecule has 224 valence electrons. The smallest absolute Gasteiger partial charge is 0.248 e. The molecule has 1 aromatic carbocycles. The van der Waals surface area contributed by atoms with Gasteiger partial charge in [0.2, 0.25) is 11.8 Å². The monoisotopic (exact) mass is 657 g/mol. The zero-order valence-corrected chi connectivity index (χ0v) is 26.1. The number of carbonyl (C=O) groups excluding carboxylic acids is 3. The quantitative estimate of drug-likeness (QED) is 0.191. The van der Waals surface area contributed by atoms with Gasteiger partial charge in [-0.1, -0.05) is 13.0 Å². The molecule has 3 atom stereocenters. The number of likely N-dealkylation sites (tertiary alicyclic amines) is 1. The van der Waals surface area contributed by atoms with Crippen molar-refractivity contribution < 1.29 is 18.8 Å². The number of nitrogens with one attached hydrogen (secondary N) is 1. The molecular weight excluding hydrogens is 629 g/mol. The van der Waals surface area contributed by atoms with E-state index in [-0.39, 0.29) is 46.0 Å². The van der Waals surface area contributed by atoms with Gasteiger partial charge < -0.3 is 14.8 Å². The third-order valence-electron chi connectivity index (χ3n) is 8.93. The van der Waals surface area contributed by atoms with Crippen LogP contribution in [0.5, 0.6) is 0 Å². The third kappa shape index (κ3) is 4.68. The minimum Gasteiger partial charge on any atom is -0.337 e. The van der Waals surface area contributed by atoms with Crippen LogP contribution >= 0.6 is 15.9 Å². The second kappa shape index (κ2) is 10.0. The number of Topliss-reactive ketones (excluding diaryl/α,β-unsaturated/α-hetero) is 1. The van der Waals surface area contributed by atoms with Gasteiger partial charge in [0, 0.05) is 52.7 Å². The predicted molar refractivity (Wildman–Crippen MR) is 166 cm³/mol. The Labute approximate surface area is 260 Å². The Morgan fingerprint density at radius 2 is 1.91 bits per heavy atom. The Hall–Kier alpha value is -4.45. The maximum atomic E-state index is 13.9. The lowest BCUT2D eigenvalue weighted by atomic mass is 10.0. The number of anilines is 1. The number of hydrogen-bond donors (Lipinski definition) is 1. The van der Waals surface area contributed by atoms with Gasteiger partial charge in [0.1, 0.15) is 23.0 Å². The van der Waals surface area contributed by atoms with E-state index in [9.17, 15) is 18.8 Å². The summed E-state index contributed by atoms with van der Waals surface area (Å²) in [5, 5.41) is 7.99.